The van der Waals surface area contributed by atoms with Crippen LogP contribution in [0.25, 0.3) is 16.9 Å². The number of carbonyl (C=O) groups is 1. The van der Waals surface area contributed by atoms with Crippen molar-refractivity contribution in [2.24, 2.45) is 0 Å². The summed E-state index contributed by atoms with van der Waals surface area (Å²) in [6, 6.07) is 13.0. The Morgan fingerprint density at radius 3 is 2.71 bits per heavy atom. The summed E-state index contributed by atoms with van der Waals surface area (Å²) in [5, 5.41) is 10.5. The standard InChI is InChI=1S/C19H15FN6O2/c1-12-5-7-15(8-6-12)26-18-17(23-24-26)19(28)25(11-21-18)10-16(27)22-14-4-2-3-13(20)9-14/h2-9,11H,10H2,1H3,(H,22,27). The van der Waals surface area contributed by atoms with Gasteiger partial charge in [0.15, 0.2) is 11.2 Å². The molecule has 0 aliphatic heterocycles. The molecule has 0 saturated carbocycles. The summed E-state index contributed by atoms with van der Waals surface area (Å²) in [6.07, 6.45) is 1.27. The molecule has 2 aromatic heterocycles. The van der Waals surface area contributed by atoms with E-state index < -0.39 is 17.3 Å². The monoisotopic (exact) mass is 378 g/mol. The lowest BCUT2D eigenvalue weighted by Gasteiger charge is -2.07. The fourth-order valence-electron chi connectivity index (χ4n) is 2.74. The third-order valence-corrected chi connectivity index (χ3v) is 4.13. The first kappa shape index (κ1) is 17.5. The summed E-state index contributed by atoms with van der Waals surface area (Å²) >= 11 is 0. The average Bonchev–Trinajstić information content (AvgIpc) is 3.09. The van der Waals surface area contributed by atoms with Crippen molar-refractivity contribution in [3.8, 4) is 5.69 Å². The van der Waals surface area contributed by atoms with Gasteiger partial charge in [-0.1, -0.05) is 29.0 Å². The van der Waals surface area contributed by atoms with Gasteiger partial charge in [-0.3, -0.25) is 14.2 Å². The van der Waals surface area contributed by atoms with E-state index in [0.29, 0.717) is 11.3 Å². The van der Waals surface area contributed by atoms with Gasteiger partial charge in [-0.15, -0.1) is 5.10 Å². The van der Waals surface area contributed by atoms with Crippen LogP contribution in [0.15, 0.2) is 59.7 Å². The fraction of sp³-hybridized carbons (Fsp3) is 0.105. The minimum atomic E-state index is -0.488. The normalized spacial score (nSPS) is 10.9. The Balaban J connectivity index is 1.61. The summed E-state index contributed by atoms with van der Waals surface area (Å²) in [4.78, 5) is 29.1. The first-order chi connectivity index (χ1) is 13.5. The van der Waals surface area contributed by atoms with Gasteiger partial charge >= 0.3 is 0 Å². The van der Waals surface area contributed by atoms with E-state index in [4.69, 9.17) is 0 Å². The van der Waals surface area contributed by atoms with Crippen LogP contribution in [-0.2, 0) is 11.3 Å². The van der Waals surface area contributed by atoms with Gasteiger partial charge in [0.05, 0.1) is 5.69 Å². The number of nitrogens with zero attached hydrogens (tertiary/aromatic N) is 5. The van der Waals surface area contributed by atoms with E-state index in [0.717, 1.165) is 15.8 Å². The van der Waals surface area contributed by atoms with Crippen LogP contribution in [0.5, 0.6) is 0 Å². The average molecular weight is 378 g/mol. The number of hydrogen-bond donors (Lipinski definition) is 1. The number of benzene rings is 2. The number of amides is 1. The van der Waals surface area contributed by atoms with Crippen LogP contribution in [0.1, 0.15) is 5.56 Å². The quantitative estimate of drug-likeness (QED) is 0.587. The molecule has 0 atom stereocenters. The first-order valence-electron chi connectivity index (χ1n) is 8.44. The van der Waals surface area contributed by atoms with Crippen molar-refractivity contribution < 1.29 is 9.18 Å². The number of aromatic nitrogens is 5. The Morgan fingerprint density at radius 1 is 1.18 bits per heavy atom. The molecule has 1 amide bonds. The van der Waals surface area contributed by atoms with E-state index in [1.54, 1.807) is 6.07 Å². The van der Waals surface area contributed by atoms with Gasteiger partial charge in [0, 0.05) is 5.69 Å². The molecule has 2 aromatic carbocycles. The van der Waals surface area contributed by atoms with Gasteiger partial charge in [-0.25, -0.2) is 9.37 Å². The topological polar surface area (TPSA) is 94.7 Å². The molecule has 4 aromatic rings. The van der Waals surface area contributed by atoms with Crippen LogP contribution >= 0.6 is 0 Å². The molecule has 0 saturated heterocycles. The lowest BCUT2D eigenvalue weighted by molar-refractivity contribution is -0.116. The summed E-state index contributed by atoms with van der Waals surface area (Å²) < 4.78 is 15.8. The Morgan fingerprint density at radius 2 is 1.96 bits per heavy atom. The Labute approximate surface area is 158 Å². The second-order valence-electron chi connectivity index (χ2n) is 6.25. The van der Waals surface area contributed by atoms with Crippen LogP contribution < -0.4 is 10.9 Å². The highest BCUT2D eigenvalue weighted by Crippen LogP contribution is 2.13. The molecule has 9 heteroatoms. The third-order valence-electron chi connectivity index (χ3n) is 4.13. The zero-order valence-corrected chi connectivity index (χ0v) is 14.8. The van der Waals surface area contributed by atoms with Crippen molar-refractivity contribution in [3.63, 3.8) is 0 Å². The van der Waals surface area contributed by atoms with Crippen molar-refractivity contribution >= 4 is 22.8 Å². The molecule has 8 nitrogen and oxygen atoms in total. The van der Waals surface area contributed by atoms with Gasteiger partial charge in [-0.05, 0) is 37.3 Å². The Bertz CT molecular complexity index is 1230. The second kappa shape index (κ2) is 7.03. The van der Waals surface area contributed by atoms with E-state index in [9.17, 15) is 14.0 Å². The van der Waals surface area contributed by atoms with Gasteiger partial charge in [-0.2, -0.15) is 4.68 Å². The zero-order chi connectivity index (χ0) is 19.7. The van der Waals surface area contributed by atoms with Crippen LogP contribution in [0.4, 0.5) is 10.1 Å². The van der Waals surface area contributed by atoms with Gasteiger partial charge in [0.25, 0.3) is 5.56 Å². The minimum absolute atomic E-state index is 0.0571. The largest absolute Gasteiger partial charge is 0.324 e. The zero-order valence-electron chi connectivity index (χ0n) is 14.8. The molecule has 4 rings (SSSR count). The molecule has 0 fully saturated rings. The molecule has 0 bridgehead atoms. The molecule has 0 aliphatic carbocycles. The number of anilines is 1. The van der Waals surface area contributed by atoms with Crippen molar-refractivity contribution in [2.75, 3.05) is 5.32 Å². The Kier molecular flexibility index (Phi) is 4.40. The SMILES string of the molecule is Cc1ccc(-n2nnc3c(=O)n(CC(=O)Nc4cccc(F)c4)cnc32)cc1. The second-order valence-corrected chi connectivity index (χ2v) is 6.25. The lowest BCUT2D eigenvalue weighted by atomic mass is 10.2. The van der Waals surface area contributed by atoms with Crippen molar-refractivity contribution in [1.82, 2.24) is 24.5 Å². The van der Waals surface area contributed by atoms with E-state index >= 15 is 0 Å². The third kappa shape index (κ3) is 3.37. The van der Waals surface area contributed by atoms with Gasteiger partial charge in [0.2, 0.25) is 5.91 Å². The minimum Gasteiger partial charge on any atom is -0.324 e. The summed E-state index contributed by atoms with van der Waals surface area (Å²) in [5.41, 5.74) is 1.99. The highest BCUT2D eigenvalue weighted by molar-refractivity contribution is 5.90. The van der Waals surface area contributed by atoms with E-state index in [1.165, 1.54) is 29.2 Å². The van der Waals surface area contributed by atoms with Crippen LogP contribution in [0.3, 0.4) is 0 Å². The molecule has 0 unspecified atom stereocenters. The smallest absolute Gasteiger partial charge is 0.284 e. The summed E-state index contributed by atoms with van der Waals surface area (Å²) in [6.45, 7) is 1.69. The Hall–Kier alpha value is -3.88. The number of halogens is 1. The van der Waals surface area contributed by atoms with Crippen LogP contribution in [0.2, 0.25) is 0 Å². The van der Waals surface area contributed by atoms with Crippen molar-refractivity contribution in [2.45, 2.75) is 13.5 Å². The van der Waals surface area contributed by atoms with E-state index in [-0.39, 0.29) is 12.1 Å². The molecule has 0 spiro atoms. The maximum Gasteiger partial charge on any atom is 0.284 e. The number of rotatable bonds is 4. The highest BCUT2D eigenvalue weighted by Gasteiger charge is 2.15. The van der Waals surface area contributed by atoms with E-state index in [1.807, 2.05) is 31.2 Å². The maximum absolute atomic E-state index is 13.2. The van der Waals surface area contributed by atoms with Crippen LogP contribution in [0, 0.1) is 12.7 Å². The number of fused-ring (bicyclic) bond motifs is 1. The molecule has 0 aliphatic rings. The first-order valence-corrected chi connectivity index (χ1v) is 8.44. The summed E-state index contributed by atoms with van der Waals surface area (Å²) in [5.74, 6) is -0.953. The maximum atomic E-state index is 13.2. The molecule has 140 valence electrons. The van der Waals surface area contributed by atoms with Crippen LogP contribution in [-0.4, -0.2) is 30.5 Å². The number of carbonyl (C=O) groups excluding carboxylic acids is 1. The molecule has 28 heavy (non-hydrogen) atoms. The number of nitrogens with one attached hydrogen (secondary N) is 1. The van der Waals surface area contributed by atoms with Gasteiger partial charge in [0.1, 0.15) is 18.7 Å². The summed E-state index contributed by atoms with van der Waals surface area (Å²) in [7, 11) is 0. The number of aryl methyl sites for hydroxylation is 1. The van der Waals surface area contributed by atoms with Crippen molar-refractivity contribution in [1.29, 1.82) is 0 Å². The molecule has 0 radical (unpaired) electrons. The predicted octanol–water partition coefficient (Wildman–Crippen LogP) is 2.06. The van der Waals surface area contributed by atoms with Gasteiger partial charge < -0.3 is 5.32 Å². The van der Waals surface area contributed by atoms with E-state index in [2.05, 4.69) is 20.6 Å². The predicted molar refractivity (Wildman–Crippen MR) is 101 cm³/mol. The molecule has 2 heterocycles. The highest BCUT2D eigenvalue weighted by atomic mass is 19.1. The number of hydrogen-bond acceptors (Lipinski definition) is 5. The van der Waals surface area contributed by atoms with Crippen molar-refractivity contribution in [3.05, 3.63) is 76.6 Å². The molecular formula is C19H15FN6O2. The lowest BCUT2D eigenvalue weighted by Crippen LogP contribution is -2.28. The molecular weight excluding hydrogens is 363 g/mol. The molecule has 1 N–H and O–H groups in total. The fourth-order valence-corrected chi connectivity index (χ4v) is 2.74.